The van der Waals surface area contributed by atoms with Gasteiger partial charge in [0.15, 0.2) is 0 Å². The van der Waals surface area contributed by atoms with E-state index in [4.69, 9.17) is 4.74 Å². The first-order valence-electron chi connectivity index (χ1n) is 4.37. The van der Waals surface area contributed by atoms with Crippen molar-refractivity contribution in [3.8, 4) is 0 Å². The molecule has 0 aliphatic carbocycles. The van der Waals surface area contributed by atoms with Crippen molar-refractivity contribution in [1.29, 1.82) is 0 Å². The van der Waals surface area contributed by atoms with E-state index < -0.39 is 18.0 Å². The molecule has 1 aliphatic rings. The first-order valence-corrected chi connectivity index (χ1v) is 4.37. The van der Waals surface area contributed by atoms with E-state index in [0.29, 0.717) is 6.61 Å². The molecule has 2 N–H and O–H groups in total. The molecule has 0 bridgehead atoms. The average molecular weight is 200 g/mol. The Labute approximate surface area is 81.0 Å². The number of imide groups is 1. The lowest BCUT2D eigenvalue weighted by Gasteiger charge is -2.21. The van der Waals surface area contributed by atoms with E-state index in [-0.39, 0.29) is 18.7 Å². The van der Waals surface area contributed by atoms with Crippen LogP contribution in [0.1, 0.15) is 19.8 Å². The van der Waals surface area contributed by atoms with Gasteiger partial charge in [-0.1, -0.05) is 0 Å². The molecule has 1 fully saturated rings. The number of carbonyl (C=O) groups is 3. The SMILES string of the molecule is CCOC(=O)CC1CC(=O)NC(=O)N1. The zero-order chi connectivity index (χ0) is 10.6. The number of rotatable bonds is 3. The lowest BCUT2D eigenvalue weighted by Crippen LogP contribution is -2.52. The third-order valence-corrected chi connectivity index (χ3v) is 1.74. The first kappa shape index (κ1) is 10.5. The zero-order valence-corrected chi connectivity index (χ0v) is 7.83. The second kappa shape index (κ2) is 4.59. The number of hydrogen-bond acceptors (Lipinski definition) is 4. The second-order valence-corrected chi connectivity index (χ2v) is 2.93. The Morgan fingerprint density at radius 1 is 1.57 bits per heavy atom. The van der Waals surface area contributed by atoms with Crippen molar-refractivity contribution < 1.29 is 19.1 Å². The van der Waals surface area contributed by atoms with Gasteiger partial charge in [0.25, 0.3) is 0 Å². The van der Waals surface area contributed by atoms with E-state index in [0.717, 1.165) is 0 Å². The zero-order valence-electron chi connectivity index (χ0n) is 7.83. The van der Waals surface area contributed by atoms with Gasteiger partial charge in [-0.05, 0) is 6.92 Å². The summed E-state index contributed by atoms with van der Waals surface area (Å²) in [4.78, 5) is 32.7. The minimum Gasteiger partial charge on any atom is -0.466 e. The highest BCUT2D eigenvalue weighted by atomic mass is 16.5. The summed E-state index contributed by atoms with van der Waals surface area (Å²) in [5.74, 6) is -0.782. The van der Waals surface area contributed by atoms with Crippen LogP contribution >= 0.6 is 0 Å². The van der Waals surface area contributed by atoms with Crippen molar-refractivity contribution >= 4 is 17.9 Å². The highest BCUT2D eigenvalue weighted by Gasteiger charge is 2.25. The molecule has 0 saturated carbocycles. The van der Waals surface area contributed by atoms with Gasteiger partial charge in [0.05, 0.1) is 13.0 Å². The molecule has 0 aromatic carbocycles. The number of nitrogens with one attached hydrogen (secondary N) is 2. The Morgan fingerprint density at radius 3 is 2.86 bits per heavy atom. The van der Waals surface area contributed by atoms with Crippen LogP contribution in [0.5, 0.6) is 0 Å². The summed E-state index contributed by atoms with van der Waals surface area (Å²) in [7, 11) is 0. The van der Waals surface area contributed by atoms with Gasteiger partial charge >= 0.3 is 12.0 Å². The summed E-state index contributed by atoms with van der Waals surface area (Å²) in [5.41, 5.74) is 0. The fraction of sp³-hybridized carbons (Fsp3) is 0.625. The number of amides is 3. The fourth-order valence-corrected chi connectivity index (χ4v) is 1.22. The third-order valence-electron chi connectivity index (χ3n) is 1.74. The van der Waals surface area contributed by atoms with Gasteiger partial charge in [0.1, 0.15) is 0 Å². The van der Waals surface area contributed by atoms with Crippen molar-refractivity contribution in [3.05, 3.63) is 0 Å². The molecule has 1 atom stereocenters. The van der Waals surface area contributed by atoms with Crippen LogP contribution in [0.4, 0.5) is 4.79 Å². The summed E-state index contributed by atoms with van der Waals surface area (Å²) in [6.07, 6.45) is 0.150. The summed E-state index contributed by atoms with van der Waals surface area (Å²) in [6.45, 7) is 2.00. The highest BCUT2D eigenvalue weighted by Crippen LogP contribution is 2.03. The molecule has 0 spiro atoms. The van der Waals surface area contributed by atoms with E-state index in [1.54, 1.807) is 6.92 Å². The lowest BCUT2D eigenvalue weighted by molar-refractivity contribution is -0.143. The Kier molecular flexibility index (Phi) is 3.44. The maximum absolute atomic E-state index is 11.0. The molecular weight excluding hydrogens is 188 g/mol. The minimum absolute atomic E-state index is 0.0347. The van der Waals surface area contributed by atoms with Crippen LogP contribution in [-0.4, -0.2) is 30.6 Å². The van der Waals surface area contributed by atoms with Gasteiger partial charge < -0.3 is 10.1 Å². The van der Waals surface area contributed by atoms with Crippen molar-refractivity contribution in [2.24, 2.45) is 0 Å². The normalized spacial score (nSPS) is 21.1. The van der Waals surface area contributed by atoms with Gasteiger partial charge in [0.2, 0.25) is 5.91 Å². The standard InChI is InChI=1S/C8H12N2O4/c1-2-14-7(12)4-5-3-6(11)10-8(13)9-5/h5H,2-4H2,1H3,(H2,9,10,11,13). The van der Waals surface area contributed by atoms with Crippen LogP contribution in [0.25, 0.3) is 0 Å². The van der Waals surface area contributed by atoms with Crippen LogP contribution < -0.4 is 10.6 Å². The Hall–Kier alpha value is -1.59. The smallest absolute Gasteiger partial charge is 0.321 e. The largest absolute Gasteiger partial charge is 0.466 e. The number of urea groups is 1. The van der Waals surface area contributed by atoms with Crippen LogP contribution in [0.15, 0.2) is 0 Å². The van der Waals surface area contributed by atoms with Crippen molar-refractivity contribution in [1.82, 2.24) is 10.6 Å². The minimum atomic E-state index is -0.560. The maximum Gasteiger partial charge on any atom is 0.321 e. The molecule has 78 valence electrons. The molecule has 0 aromatic rings. The highest BCUT2D eigenvalue weighted by molar-refractivity contribution is 5.97. The summed E-state index contributed by atoms with van der Waals surface area (Å²) in [5, 5.41) is 4.54. The predicted octanol–water partition coefficient (Wildman–Crippen LogP) is -0.462. The summed E-state index contributed by atoms with van der Waals surface area (Å²) >= 11 is 0. The Balaban J connectivity index is 2.40. The van der Waals surface area contributed by atoms with E-state index in [1.165, 1.54) is 0 Å². The van der Waals surface area contributed by atoms with Gasteiger partial charge in [-0.3, -0.25) is 14.9 Å². The molecule has 0 radical (unpaired) electrons. The molecule has 1 heterocycles. The van der Waals surface area contributed by atoms with Crippen LogP contribution in [0.3, 0.4) is 0 Å². The van der Waals surface area contributed by atoms with Crippen molar-refractivity contribution in [2.75, 3.05) is 6.61 Å². The predicted molar refractivity (Wildman–Crippen MR) is 46.3 cm³/mol. The molecule has 1 aliphatic heterocycles. The second-order valence-electron chi connectivity index (χ2n) is 2.93. The van der Waals surface area contributed by atoms with Crippen molar-refractivity contribution in [2.45, 2.75) is 25.8 Å². The monoisotopic (exact) mass is 200 g/mol. The average Bonchev–Trinajstić information content (AvgIpc) is 2.01. The van der Waals surface area contributed by atoms with Gasteiger partial charge in [0, 0.05) is 12.5 Å². The van der Waals surface area contributed by atoms with E-state index in [2.05, 4.69) is 10.6 Å². The van der Waals surface area contributed by atoms with E-state index in [9.17, 15) is 14.4 Å². The fourth-order valence-electron chi connectivity index (χ4n) is 1.22. The summed E-state index contributed by atoms with van der Waals surface area (Å²) < 4.78 is 4.69. The van der Waals surface area contributed by atoms with Crippen LogP contribution in [0, 0.1) is 0 Å². The number of ether oxygens (including phenoxy) is 1. The molecule has 6 nitrogen and oxygen atoms in total. The quantitative estimate of drug-likeness (QED) is 0.603. The molecule has 6 heteroatoms. The first-order chi connectivity index (χ1) is 6.61. The Morgan fingerprint density at radius 2 is 2.29 bits per heavy atom. The molecule has 1 saturated heterocycles. The molecular formula is C8H12N2O4. The van der Waals surface area contributed by atoms with E-state index >= 15 is 0 Å². The van der Waals surface area contributed by atoms with E-state index in [1.807, 2.05) is 0 Å². The third kappa shape index (κ3) is 3.04. The molecule has 1 rings (SSSR count). The molecule has 1 unspecified atom stereocenters. The van der Waals surface area contributed by atoms with Gasteiger partial charge in [-0.25, -0.2) is 4.79 Å². The molecule has 14 heavy (non-hydrogen) atoms. The number of carbonyl (C=O) groups excluding carboxylic acids is 3. The van der Waals surface area contributed by atoms with Crippen LogP contribution in [0.2, 0.25) is 0 Å². The Bertz CT molecular complexity index is 248. The molecule has 0 aromatic heterocycles. The molecule has 3 amide bonds. The van der Waals surface area contributed by atoms with Gasteiger partial charge in [-0.2, -0.15) is 0 Å². The number of hydrogen-bond donors (Lipinski definition) is 2. The van der Waals surface area contributed by atoms with Crippen LogP contribution in [-0.2, 0) is 14.3 Å². The maximum atomic E-state index is 11.0. The van der Waals surface area contributed by atoms with Gasteiger partial charge in [-0.15, -0.1) is 0 Å². The lowest BCUT2D eigenvalue weighted by atomic mass is 10.1. The van der Waals surface area contributed by atoms with Crippen molar-refractivity contribution in [3.63, 3.8) is 0 Å². The topological polar surface area (TPSA) is 84.5 Å². The number of esters is 1. The summed E-state index contributed by atoms with van der Waals surface area (Å²) in [6, 6.07) is -1.01.